The lowest BCUT2D eigenvalue weighted by Crippen LogP contribution is -2.52. The number of phenols is 1. The number of aryl methyl sites for hydroxylation is 1. The van der Waals surface area contributed by atoms with Gasteiger partial charge >= 0.3 is 5.97 Å². The number of anilines is 1. The fourth-order valence-electron chi connectivity index (χ4n) is 6.12. The van der Waals surface area contributed by atoms with Gasteiger partial charge in [0.15, 0.2) is 6.20 Å². The van der Waals surface area contributed by atoms with Gasteiger partial charge in [-0.25, -0.2) is 4.79 Å². The van der Waals surface area contributed by atoms with Crippen LogP contribution in [-0.4, -0.2) is 53.7 Å². The Kier molecular flexibility index (Phi) is 12.9. The molecule has 10 nitrogen and oxygen atoms in total. The largest absolute Gasteiger partial charge is 0.508 e. The van der Waals surface area contributed by atoms with Gasteiger partial charge in [-0.1, -0.05) is 48.2 Å². The molecule has 0 fully saturated rings. The Morgan fingerprint density at radius 3 is 2.42 bits per heavy atom. The van der Waals surface area contributed by atoms with Crippen molar-refractivity contribution in [2.75, 3.05) is 18.5 Å². The number of fused-ring (bicyclic) bond motifs is 2. The molecule has 6 N–H and O–H groups in total. The summed E-state index contributed by atoms with van der Waals surface area (Å²) in [4.78, 5) is 41.6. The average molecular weight is 697 g/mol. The summed E-state index contributed by atoms with van der Waals surface area (Å²) in [6, 6.07) is 23.3. The normalized spacial score (nSPS) is 14.4. The number of carbonyl (C=O) groups excluding carboxylic acids is 2. The van der Waals surface area contributed by atoms with Crippen LogP contribution in [0.4, 0.5) is 5.69 Å². The molecule has 50 heavy (non-hydrogen) atoms. The molecule has 5 rings (SSSR count). The van der Waals surface area contributed by atoms with E-state index in [-0.39, 0.29) is 30.9 Å². The van der Waals surface area contributed by atoms with Gasteiger partial charge in [-0.2, -0.15) is 4.57 Å². The minimum absolute atomic E-state index is 0.0893. The van der Waals surface area contributed by atoms with Crippen molar-refractivity contribution < 1.29 is 29.2 Å². The van der Waals surface area contributed by atoms with Crippen LogP contribution in [0.5, 0.6) is 5.75 Å². The van der Waals surface area contributed by atoms with Crippen molar-refractivity contribution in [3.63, 3.8) is 0 Å². The van der Waals surface area contributed by atoms with Gasteiger partial charge < -0.3 is 31.5 Å². The lowest BCUT2D eigenvalue weighted by atomic mass is 10.0. The third kappa shape index (κ3) is 9.64. The molecule has 1 aliphatic rings. The highest BCUT2D eigenvalue weighted by atomic mass is 32.2. The number of carboxylic acids is 1. The highest BCUT2D eigenvalue weighted by Crippen LogP contribution is 2.45. The number of rotatable bonds is 17. The van der Waals surface area contributed by atoms with Crippen molar-refractivity contribution in [3.8, 4) is 5.75 Å². The van der Waals surface area contributed by atoms with Crippen LogP contribution in [0.25, 0.3) is 17.0 Å². The first-order chi connectivity index (χ1) is 24.2. The fraction of sp³-hybridized carbons (Fsp3) is 0.333. The Hall–Kier alpha value is -4.87. The highest BCUT2D eigenvalue weighted by Gasteiger charge is 2.27. The lowest BCUT2D eigenvalue weighted by Gasteiger charge is -2.22. The van der Waals surface area contributed by atoms with Crippen LogP contribution >= 0.6 is 11.8 Å². The molecule has 2 atom stereocenters. The number of hydrogen-bond acceptors (Lipinski definition) is 7. The van der Waals surface area contributed by atoms with Crippen LogP contribution in [0.2, 0.25) is 0 Å². The summed E-state index contributed by atoms with van der Waals surface area (Å²) in [7, 11) is 2.10. The number of aromatic hydroxyl groups is 1. The van der Waals surface area contributed by atoms with Crippen LogP contribution < -0.4 is 25.8 Å². The number of aliphatic carboxylic acids is 1. The first kappa shape index (κ1) is 36.4. The number of nitrogens with zero attached hydrogens (tertiary/aromatic N) is 2. The molecule has 11 heteroatoms. The number of carboxylic acid groups (broad SMARTS) is 1. The maximum absolute atomic E-state index is 13.3. The van der Waals surface area contributed by atoms with Crippen LogP contribution in [-0.2, 0) is 27.3 Å². The molecule has 262 valence electrons. The molecule has 0 aliphatic carbocycles. The molecule has 3 aromatic carbocycles. The predicted octanol–water partition coefficient (Wildman–Crippen LogP) is 5.36. The van der Waals surface area contributed by atoms with Crippen molar-refractivity contribution >= 4 is 52.2 Å². The van der Waals surface area contributed by atoms with E-state index < -0.39 is 24.0 Å². The molecule has 2 heterocycles. The number of aromatic nitrogens is 1. The zero-order valence-electron chi connectivity index (χ0n) is 28.4. The number of phenolic OH excluding ortho intramolecular Hbond substituents is 1. The maximum atomic E-state index is 13.3. The number of unbranched alkanes of at least 4 members (excludes halogenated alkanes) is 3. The predicted molar refractivity (Wildman–Crippen MR) is 198 cm³/mol. The van der Waals surface area contributed by atoms with E-state index in [2.05, 4.69) is 94.0 Å². The second-order valence-electron chi connectivity index (χ2n) is 12.6. The number of para-hydroxylation sites is 2. The molecule has 0 bridgehead atoms. The van der Waals surface area contributed by atoms with Gasteiger partial charge in [0.05, 0.1) is 16.1 Å². The van der Waals surface area contributed by atoms with Crippen molar-refractivity contribution in [2.45, 2.75) is 74.9 Å². The summed E-state index contributed by atoms with van der Waals surface area (Å²) in [6.07, 6.45) is 8.56. The lowest BCUT2D eigenvalue weighted by molar-refractivity contribution is -0.671. The van der Waals surface area contributed by atoms with Crippen LogP contribution in [0, 0.1) is 0 Å². The van der Waals surface area contributed by atoms with Crippen molar-refractivity contribution in [1.29, 1.82) is 0 Å². The standard InChI is InChI=1S/C39H45N5O5S/c1-43-34-14-6-7-15-35(34)50-37(43)26-28-21-24-44(33-13-5-4-11-30(28)33)23-10-2-3-16-36(46)41-32(25-27-17-19-29(45)20-18-27)38(47)42-31(39(48)49)12-8-9-22-40/h4-7,11,13-15,17-21,24,26,31-32H,2-3,8-10,12,16,22-23,25,40H2,1H3,(H3-,41,42,45,46,47,48,49)/p+1/t31-,32-/m0/s1. The molecule has 4 aromatic rings. The summed E-state index contributed by atoms with van der Waals surface area (Å²) in [5.41, 5.74) is 9.79. The molecule has 0 radical (unpaired) electrons. The molecule has 1 aliphatic heterocycles. The van der Waals surface area contributed by atoms with Crippen molar-refractivity contribution in [3.05, 3.63) is 101 Å². The second-order valence-corrected chi connectivity index (χ2v) is 13.6. The Labute approximate surface area is 297 Å². The van der Waals surface area contributed by atoms with E-state index in [1.165, 1.54) is 33.1 Å². The number of benzene rings is 3. The van der Waals surface area contributed by atoms with E-state index >= 15 is 0 Å². The molecule has 0 spiro atoms. The smallest absolute Gasteiger partial charge is 0.326 e. The topological polar surface area (TPSA) is 149 Å². The zero-order chi connectivity index (χ0) is 35.5. The van der Waals surface area contributed by atoms with E-state index in [0.717, 1.165) is 36.0 Å². The molecule has 2 amide bonds. The molecule has 1 aromatic heterocycles. The summed E-state index contributed by atoms with van der Waals surface area (Å²) in [5.74, 6) is -1.87. The summed E-state index contributed by atoms with van der Waals surface area (Å²) in [6.45, 7) is 1.23. The van der Waals surface area contributed by atoms with Crippen LogP contribution in [0.3, 0.4) is 0 Å². The molecule has 0 unspecified atom stereocenters. The Morgan fingerprint density at radius 2 is 1.66 bits per heavy atom. The van der Waals surface area contributed by atoms with E-state index in [9.17, 15) is 24.6 Å². The third-order valence-electron chi connectivity index (χ3n) is 8.90. The van der Waals surface area contributed by atoms with E-state index in [1.807, 2.05) is 0 Å². The fourth-order valence-corrected chi connectivity index (χ4v) is 7.22. The second kappa shape index (κ2) is 17.7. The quantitative estimate of drug-likeness (QED) is 0.0732. The Morgan fingerprint density at radius 1 is 0.900 bits per heavy atom. The monoisotopic (exact) mass is 696 g/mol. The van der Waals surface area contributed by atoms with Gasteiger partial charge in [0.1, 0.15) is 24.4 Å². The van der Waals surface area contributed by atoms with Crippen LogP contribution in [0.15, 0.2) is 95.0 Å². The van der Waals surface area contributed by atoms with Crippen molar-refractivity contribution in [1.82, 2.24) is 10.6 Å². The van der Waals surface area contributed by atoms with E-state index in [4.69, 9.17) is 5.73 Å². The minimum atomic E-state index is -1.13. The van der Waals surface area contributed by atoms with Gasteiger partial charge in [0, 0.05) is 43.3 Å². The Balaban J connectivity index is 1.16. The van der Waals surface area contributed by atoms with Gasteiger partial charge in [-0.3, -0.25) is 9.59 Å². The average Bonchev–Trinajstić information content (AvgIpc) is 3.43. The van der Waals surface area contributed by atoms with E-state index in [1.54, 1.807) is 23.9 Å². The molecule has 0 saturated carbocycles. The van der Waals surface area contributed by atoms with Crippen LogP contribution in [0.1, 0.15) is 56.1 Å². The Bertz CT molecular complexity index is 1830. The third-order valence-corrected chi connectivity index (χ3v) is 10.1. The highest BCUT2D eigenvalue weighted by molar-refractivity contribution is 8.03. The summed E-state index contributed by atoms with van der Waals surface area (Å²) in [5, 5.41) is 27.1. The number of carbonyl (C=O) groups is 3. The van der Waals surface area contributed by atoms with Gasteiger partial charge in [-0.15, -0.1) is 0 Å². The zero-order valence-corrected chi connectivity index (χ0v) is 29.2. The molecular weight excluding hydrogens is 651 g/mol. The summed E-state index contributed by atoms with van der Waals surface area (Å²) >= 11 is 1.78. The number of pyridine rings is 1. The first-order valence-electron chi connectivity index (χ1n) is 17.2. The van der Waals surface area contributed by atoms with Crippen molar-refractivity contribution in [2.24, 2.45) is 5.73 Å². The number of amides is 2. The molecular formula is C39H46N5O5S+. The number of hydrogen-bond donors (Lipinski definition) is 5. The first-order valence-corrected chi connectivity index (χ1v) is 18.0. The molecule has 0 saturated heterocycles. The van der Waals surface area contributed by atoms with Gasteiger partial charge in [0.25, 0.3) is 0 Å². The van der Waals surface area contributed by atoms with Gasteiger partial charge in [-0.05, 0) is 86.2 Å². The van der Waals surface area contributed by atoms with E-state index in [0.29, 0.717) is 25.8 Å². The maximum Gasteiger partial charge on any atom is 0.326 e. The minimum Gasteiger partial charge on any atom is -0.508 e. The number of thioether (sulfide) groups is 1. The van der Waals surface area contributed by atoms with Gasteiger partial charge in [0.2, 0.25) is 17.3 Å². The SMILES string of the molecule is CN1C(=Cc2cc[n+](CCCCCC(=O)N[C@@H](Cc3ccc(O)cc3)C(=O)N[C@@H](CCCCN)C(=O)O)c3ccccc23)Sc2ccccc21. The number of nitrogens with one attached hydrogen (secondary N) is 2. The number of nitrogens with two attached hydrogens (primary N) is 1. The summed E-state index contributed by atoms with van der Waals surface area (Å²) < 4.78 is 2.25.